The van der Waals surface area contributed by atoms with E-state index in [2.05, 4.69) is 10.1 Å². The van der Waals surface area contributed by atoms with E-state index in [1.807, 2.05) is 38.1 Å². The van der Waals surface area contributed by atoms with Gasteiger partial charge in [0.2, 0.25) is 5.89 Å². The lowest BCUT2D eigenvalue weighted by Crippen LogP contribution is -2.40. The molecule has 1 aliphatic heterocycles. The fourth-order valence-electron chi connectivity index (χ4n) is 4.52. The van der Waals surface area contributed by atoms with Crippen molar-refractivity contribution in [2.75, 3.05) is 13.7 Å². The summed E-state index contributed by atoms with van der Waals surface area (Å²) in [6.45, 7) is 6.75. The number of rotatable bonds is 7. The molecule has 0 radical (unpaired) electrons. The molecule has 7 nitrogen and oxygen atoms in total. The number of alkyl halides is 3. The third-order valence-electron chi connectivity index (χ3n) is 7.01. The Balaban J connectivity index is 1.42. The Hall–Kier alpha value is -3.30. The van der Waals surface area contributed by atoms with E-state index in [1.165, 1.54) is 19.1 Å². The molecule has 2 atom stereocenters. The topological polar surface area (TPSA) is 77.7 Å². The van der Waals surface area contributed by atoms with Gasteiger partial charge in [-0.05, 0) is 37.6 Å². The number of ether oxygens (including phenoxy) is 2. The molecule has 1 fully saturated rings. The van der Waals surface area contributed by atoms with Crippen LogP contribution in [0.4, 0.5) is 13.2 Å². The molecule has 1 amide bonds. The summed E-state index contributed by atoms with van der Waals surface area (Å²) in [4.78, 5) is 19.2. The minimum atomic E-state index is -4.43. The molecule has 2 heterocycles. The van der Waals surface area contributed by atoms with Gasteiger partial charge in [-0.3, -0.25) is 4.79 Å². The van der Waals surface area contributed by atoms with Crippen LogP contribution >= 0.6 is 0 Å². The number of amides is 1. The minimum absolute atomic E-state index is 0.0933. The molecular weight excluding hydrogens is 475 g/mol. The summed E-state index contributed by atoms with van der Waals surface area (Å²) < 4.78 is 57.7. The van der Waals surface area contributed by atoms with Crippen LogP contribution in [0.3, 0.4) is 0 Å². The second-order valence-corrected chi connectivity index (χ2v) is 10.3. The Kier molecular flexibility index (Phi) is 6.66. The molecule has 10 heteroatoms. The number of nitrogens with zero attached hydrogens (tertiary/aromatic N) is 3. The van der Waals surface area contributed by atoms with Crippen molar-refractivity contribution >= 4 is 5.91 Å². The monoisotopic (exact) mass is 505 g/mol. The van der Waals surface area contributed by atoms with E-state index in [0.717, 1.165) is 18.2 Å². The third-order valence-corrected chi connectivity index (χ3v) is 7.01. The second kappa shape index (κ2) is 9.29. The van der Waals surface area contributed by atoms with E-state index in [0.29, 0.717) is 18.8 Å². The van der Waals surface area contributed by atoms with Crippen molar-refractivity contribution in [2.24, 2.45) is 10.8 Å². The normalized spacial score (nSPS) is 23.9. The predicted molar refractivity (Wildman–Crippen MR) is 125 cm³/mol. The zero-order chi connectivity index (χ0) is 26.3. The maximum atomic E-state index is 13.7. The minimum Gasteiger partial charge on any atom is -0.497 e. The maximum absolute atomic E-state index is 13.7. The molecule has 1 aromatic heterocycles. The van der Waals surface area contributed by atoms with E-state index in [9.17, 15) is 18.0 Å². The number of allylic oxidation sites excluding steroid dienone is 4. The van der Waals surface area contributed by atoms with Gasteiger partial charge in [-0.25, -0.2) is 0 Å². The molecule has 0 N–H and O–H groups in total. The van der Waals surface area contributed by atoms with Gasteiger partial charge in [0.1, 0.15) is 12.3 Å². The van der Waals surface area contributed by atoms with Crippen LogP contribution in [-0.2, 0) is 22.5 Å². The molecule has 1 aromatic carbocycles. The van der Waals surface area contributed by atoms with E-state index < -0.39 is 23.1 Å². The van der Waals surface area contributed by atoms with Crippen molar-refractivity contribution in [3.8, 4) is 5.75 Å². The largest absolute Gasteiger partial charge is 0.497 e. The quantitative estimate of drug-likeness (QED) is 0.513. The van der Waals surface area contributed by atoms with Gasteiger partial charge in [-0.2, -0.15) is 18.2 Å². The summed E-state index contributed by atoms with van der Waals surface area (Å²) in [5.74, 6) is 1.33. The smallest absolute Gasteiger partial charge is 0.398 e. The molecule has 36 heavy (non-hydrogen) atoms. The van der Waals surface area contributed by atoms with Gasteiger partial charge in [0.25, 0.3) is 5.91 Å². The van der Waals surface area contributed by atoms with Crippen molar-refractivity contribution in [2.45, 2.75) is 59.4 Å². The van der Waals surface area contributed by atoms with Crippen molar-refractivity contribution in [1.82, 2.24) is 15.0 Å². The van der Waals surface area contributed by atoms with Gasteiger partial charge >= 0.3 is 6.18 Å². The van der Waals surface area contributed by atoms with Crippen LogP contribution in [0.2, 0.25) is 0 Å². The molecule has 4 rings (SSSR count). The molecule has 2 aliphatic rings. The number of benzene rings is 1. The first kappa shape index (κ1) is 25.8. The zero-order valence-electron chi connectivity index (χ0n) is 21.0. The van der Waals surface area contributed by atoms with Crippen molar-refractivity contribution in [1.29, 1.82) is 0 Å². The Morgan fingerprint density at radius 1 is 1.17 bits per heavy atom. The van der Waals surface area contributed by atoms with Crippen LogP contribution in [0.5, 0.6) is 5.75 Å². The molecule has 0 bridgehead atoms. The fraction of sp³-hybridized carbons (Fsp3) is 0.500. The lowest BCUT2D eigenvalue weighted by atomic mass is 9.75. The van der Waals surface area contributed by atoms with Gasteiger partial charge < -0.3 is 18.9 Å². The number of carbonyl (C=O) groups excluding carboxylic acids is 1. The summed E-state index contributed by atoms with van der Waals surface area (Å²) >= 11 is 0. The van der Waals surface area contributed by atoms with Gasteiger partial charge in [-0.1, -0.05) is 42.8 Å². The lowest BCUT2D eigenvalue weighted by molar-refractivity contribution is -0.206. The highest BCUT2D eigenvalue weighted by Crippen LogP contribution is 2.50. The van der Waals surface area contributed by atoms with Gasteiger partial charge in [-0.15, -0.1) is 0 Å². The fourth-order valence-corrected chi connectivity index (χ4v) is 4.52. The molecule has 0 saturated carbocycles. The summed E-state index contributed by atoms with van der Waals surface area (Å²) in [6, 6.07) is 7.50. The number of hydrogen-bond donors (Lipinski definition) is 0. The number of aromatic nitrogens is 2. The molecule has 1 saturated heterocycles. The zero-order valence-corrected chi connectivity index (χ0v) is 21.0. The summed E-state index contributed by atoms with van der Waals surface area (Å²) in [5, 5.41) is 4.01. The first-order chi connectivity index (χ1) is 16.8. The summed E-state index contributed by atoms with van der Waals surface area (Å²) in [7, 11) is 1.60. The van der Waals surface area contributed by atoms with E-state index in [-0.39, 0.29) is 36.1 Å². The predicted octanol–water partition coefficient (Wildman–Crippen LogP) is 5.23. The van der Waals surface area contributed by atoms with Crippen molar-refractivity contribution < 1.29 is 32.0 Å². The number of halogens is 3. The van der Waals surface area contributed by atoms with Crippen LogP contribution in [0, 0.1) is 10.8 Å². The van der Waals surface area contributed by atoms with Crippen LogP contribution in [0.15, 0.2) is 52.3 Å². The maximum Gasteiger partial charge on any atom is 0.398 e. The van der Waals surface area contributed by atoms with Gasteiger partial charge in [0, 0.05) is 24.8 Å². The Morgan fingerprint density at radius 3 is 2.50 bits per heavy atom. The number of likely N-dealkylation sites (tertiary alicyclic amines) is 1. The van der Waals surface area contributed by atoms with Crippen LogP contribution in [0.25, 0.3) is 0 Å². The third kappa shape index (κ3) is 4.99. The van der Waals surface area contributed by atoms with E-state index >= 15 is 0 Å². The Labute approximate surface area is 207 Å². The van der Waals surface area contributed by atoms with Crippen molar-refractivity contribution in [3.63, 3.8) is 0 Å². The average Bonchev–Trinajstić information content (AvgIpc) is 3.33. The van der Waals surface area contributed by atoms with Gasteiger partial charge in [0.15, 0.2) is 11.9 Å². The van der Waals surface area contributed by atoms with Crippen LogP contribution < -0.4 is 4.74 Å². The lowest BCUT2D eigenvalue weighted by Gasteiger charge is -2.37. The first-order valence-corrected chi connectivity index (χ1v) is 11.7. The van der Waals surface area contributed by atoms with E-state index in [4.69, 9.17) is 14.0 Å². The highest BCUT2D eigenvalue weighted by molar-refractivity contribution is 5.84. The second-order valence-electron chi connectivity index (χ2n) is 10.3. The first-order valence-electron chi connectivity index (χ1n) is 11.7. The summed E-state index contributed by atoms with van der Waals surface area (Å²) in [5.41, 5.74) is -1.48. The van der Waals surface area contributed by atoms with Crippen LogP contribution in [-0.4, -0.2) is 46.9 Å². The molecule has 1 aliphatic carbocycles. The molecule has 0 spiro atoms. The Morgan fingerprint density at radius 2 is 1.86 bits per heavy atom. The number of hydrogen-bond acceptors (Lipinski definition) is 6. The van der Waals surface area contributed by atoms with E-state index in [1.54, 1.807) is 12.0 Å². The Bertz CT molecular complexity index is 1180. The van der Waals surface area contributed by atoms with Gasteiger partial charge in [0.05, 0.1) is 18.3 Å². The standard InChI is InChI=1S/C26H30F3N3O4/c1-16-6-9-19(13-25(16,4)26(27,28)29)35-22-23(33)32(15-24(22,2)3)14-21-30-20(31-36-21)12-17-7-10-18(34-5)11-8-17/h6-11,22H,12-15H2,1-5H3. The number of methoxy groups -OCH3 is 1. The van der Waals surface area contributed by atoms with Crippen molar-refractivity contribution in [3.05, 3.63) is 65.0 Å². The highest BCUT2D eigenvalue weighted by Gasteiger charge is 2.55. The SMILES string of the molecule is COc1ccc(Cc2noc(CN3CC(C)(C)C(OC4=CC=C(C)C(C)(C(F)(F)F)C4)C3=O)n2)cc1. The van der Waals surface area contributed by atoms with Crippen LogP contribution in [0.1, 0.15) is 51.4 Å². The molecule has 2 aromatic rings. The molecule has 2 unspecified atom stereocenters. The molecular formula is C26H30F3N3O4. The summed E-state index contributed by atoms with van der Waals surface area (Å²) in [6.07, 6.45) is -2.30. The average molecular weight is 506 g/mol. The highest BCUT2D eigenvalue weighted by atomic mass is 19.4. The number of carbonyl (C=O) groups is 1. The molecule has 194 valence electrons.